The maximum atomic E-state index is 13.3. The summed E-state index contributed by atoms with van der Waals surface area (Å²) >= 11 is 12.6. The van der Waals surface area contributed by atoms with Gasteiger partial charge in [-0.15, -0.1) is 0 Å². The number of anilines is 3. The van der Waals surface area contributed by atoms with Gasteiger partial charge < -0.3 is 19.9 Å². The number of aryl methyl sites for hydroxylation is 1. The highest BCUT2D eigenvalue weighted by atomic mass is 35.5. The minimum absolute atomic E-state index is 0.160. The number of hydrogen-bond donors (Lipinski definition) is 1. The van der Waals surface area contributed by atoms with Gasteiger partial charge in [0.2, 0.25) is 5.95 Å². The fourth-order valence-corrected chi connectivity index (χ4v) is 5.40. The van der Waals surface area contributed by atoms with E-state index in [1.807, 2.05) is 45.9 Å². The van der Waals surface area contributed by atoms with Crippen molar-refractivity contribution in [2.24, 2.45) is 0 Å². The maximum absolute atomic E-state index is 13.3. The summed E-state index contributed by atoms with van der Waals surface area (Å²) in [6.45, 7) is 10.1. The average Bonchev–Trinajstić information content (AvgIpc) is 2.93. The molecule has 0 aliphatic carbocycles. The zero-order valence-corrected chi connectivity index (χ0v) is 25.1. The Morgan fingerprint density at radius 1 is 1.10 bits per heavy atom. The lowest BCUT2D eigenvalue weighted by molar-refractivity contribution is 0.0240. The van der Waals surface area contributed by atoms with Gasteiger partial charge in [0.25, 0.3) is 5.56 Å². The van der Waals surface area contributed by atoms with E-state index in [4.69, 9.17) is 27.9 Å². The molecule has 42 heavy (non-hydrogen) atoms. The van der Waals surface area contributed by atoms with Gasteiger partial charge in [-0.25, -0.2) is 14.8 Å². The van der Waals surface area contributed by atoms with Gasteiger partial charge in [0.05, 0.1) is 26.7 Å². The van der Waals surface area contributed by atoms with Crippen molar-refractivity contribution in [3.05, 3.63) is 80.3 Å². The molecular weight excluding hydrogens is 577 g/mol. The van der Waals surface area contributed by atoms with Crippen LogP contribution in [0, 0.1) is 18.3 Å². The van der Waals surface area contributed by atoms with Crippen LogP contribution in [0.5, 0.6) is 0 Å². The number of rotatable bonds is 4. The molecule has 5 rings (SSSR count). The summed E-state index contributed by atoms with van der Waals surface area (Å²) in [6.07, 6.45) is 2.48. The smallest absolute Gasteiger partial charge is 0.410 e. The molecule has 2 aromatic carbocycles. The van der Waals surface area contributed by atoms with Gasteiger partial charge in [-0.05, 0) is 63.6 Å². The summed E-state index contributed by atoms with van der Waals surface area (Å²) in [7, 11) is 0. The number of ether oxygens (including phenoxy) is 1. The Balaban J connectivity index is 1.35. The van der Waals surface area contributed by atoms with Crippen LogP contribution in [0.3, 0.4) is 0 Å². The number of nitrogens with one attached hydrogen (secondary N) is 1. The highest BCUT2D eigenvalue weighted by molar-refractivity contribution is 6.37. The van der Waals surface area contributed by atoms with Gasteiger partial charge in [0.15, 0.2) is 0 Å². The number of hydrogen-bond acceptors (Lipinski definition) is 8. The molecule has 0 atom stereocenters. The molecule has 1 fully saturated rings. The number of nitriles is 1. The third kappa shape index (κ3) is 5.98. The van der Waals surface area contributed by atoms with Crippen LogP contribution in [0.4, 0.5) is 22.1 Å². The Bertz CT molecular complexity index is 1760. The Morgan fingerprint density at radius 3 is 2.40 bits per heavy atom. The van der Waals surface area contributed by atoms with Crippen LogP contribution >= 0.6 is 23.2 Å². The first-order valence-corrected chi connectivity index (χ1v) is 14.1. The van der Waals surface area contributed by atoms with Crippen LogP contribution in [0.25, 0.3) is 16.6 Å². The average molecular weight is 607 g/mol. The first kappa shape index (κ1) is 29.2. The molecule has 3 heterocycles. The molecule has 1 amide bonds. The number of pyridine rings is 1. The van der Waals surface area contributed by atoms with E-state index < -0.39 is 11.2 Å². The second kappa shape index (κ2) is 11.5. The number of amides is 1. The van der Waals surface area contributed by atoms with Crippen molar-refractivity contribution in [1.82, 2.24) is 19.4 Å². The van der Waals surface area contributed by atoms with E-state index in [-0.39, 0.29) is 44.2 Å². The molecule has 10 nitrogen and oxygen atoms in total. The van der Waals surface area contributed by atoms with E-state index in [2.05, 4.69) is 26.3 Å². The zero-order chi connectivity index (χ0) is 30.2. The lowest BCUT2D eigenvalue weighted by Crippen LogP contribution is -2.50. The van der Waals surface area contributed by atoms with Crippen molar-refractivity contribution in [3.8, 4) is 11.8 Å². The summed E-state index contributed by atoms with van der Waals surface area (Å²) in [5.41, 5.74) is 2.54. The molecule has 0 bridgehead atoms. The fraction of sp³-hybridized carbons (Fsp3) is 0.300. The number of aromatic nitrogens is 3. The molecule has 0 radical (unpaired) electrons. The maximum Gasteiger partial charge on any atom is 0.410 e. The summed E-state index contributed by atoms with van der Waals surface area (Å²) in [6, 6.07) is 12.9. The standard InChI is InChI=1S/C30H29Cl2N7O3/c1-18-14-20(8-9-24(18)37-10-12-38(13-11-37)29(41)42-30(2,3)4)35-28-34-16-21-25(36-28)19(15-33)17-39(27(21)40)26-22(31)6-5-7-23(26)32/h5-9,14,16-17H,10-13H2,1-4H3,(H,34,35,36). The monoisotopic (exact) mass is 605 g/mol. The van der Waals surface area contributed by atoms with Gasteiger partial charge in [0, 0.05) is 49.9 Å². The number of fused-ring (bicyclic) bond motifs is 1. The van der Waals surface area contributed by atoms with Crippen molar-refractivity contribution in [2.45, 2.75) is 33.3 Å². The lowest BCUT2D eigenvalue weighted by atomic mass is 10.1. The minimum atomic E-state index is -0.525. The molecule has 0 saturated carbocycles. The van der Waals surface area contributed by atoms with Gasteiger partial charge in [-0.3, -0.25) is 9.36 Å². The SMILES string of the molecule is Cc1cc(Nc2ncc3c(=O)n(-c4c(Cl)cccc4Cl)cc(C#N)c3n2)ccc1N1CCN(C(=O)OC(C)(C)C)CC1. The third-order valence-electron chi connectivity index (χ3n) is 6.78. The largest absolute Gasteiger partial charge is 0.444 e. The first-order valence-electron chi connectivity index (χ1n) is 13.3. The van der Waals surface area contributed by atoms with Crippen molar-refractivity contribution >= 4 is 57.5 Å². The van der Waals surface area contributed by atoms with E-state index >= 15 is 0 Å². The normalized spacial score (nSPS) is 13.6. The number of nitrogens with zero attached hydrogens (tertiary/aromatic N) is 6. The molecule has 216 valence electrons. The van der Waals surface area contributed by atoms with Crippen LogP contribution < -0.4 is 15.8 Å². The summed E-state index contributed by atoms with van der Waals surface area (Å²) in [5.74, 6) is 0.241. The minimum Gasteiger partial charge on any atom is -0.444 e. The number of halogens is 2. The zero-order valence-electron chi connectivity index (χ0n) is 23.6. The molecular formula is C30H29Cl2N7O3. The second-order valence-electron chi connectivity index (χ2n) is 10.9. The van der Waals surface area contributed by atoms with Crippen LogP contribution in [-0.2, 0) is 4.74 Å². The highest BCUT2D eigenvalue weighted by Gasteiger charge is 2.26. The third-order valence-corrected chi connectivity index (χ3v) is 7.39. The molecule has 1 N–H and O–H groups in total. The highest BCUT2D eigenvalue weighted by Crippen LogP contribution is 2.29. The predicted octanol–water partition coefficient (Wildman–Crippen LogP) is 6.07. The predicted molar refractivity (Wildman–Crippen MR) is 164 cm³/mol. The fourth-order valence-electron chi connectivity index (χ4n) is 4.82. The molecule has 2 aromatic heterocycles. The van der Waals surface area contributed by atoms with E-state index in [1.54, 1.807) is 23.1 Å². The van der Waals surface area contributed by atoms with Crippen molar-refractivity contribution in [3.63, 3.8) is 0 Å². The van der Waals surface area contributed by atoms with Gasteiger partial charge >= 0.3 is 6.09 Å². The van der Waals surface area contributed by atoms with E-state index in [0.29, 0.717) is 26.2 Å². The van der Waals surface area contributed by atoms with Crippen LogP contribution in [0.2, 0.25) is 10.0 Å². The van der Waals surface area contributed by atoms with Crippen molar-refractivity contribution in [1.29, 1.82) is 5.26 Å². The molecule has 0 spiro atoms. The summed E-state index contributed by atoms with van der Waals surface area (Å²) in [4.78, 5) is 38.5. The van der Waals surface area contributed by atoms with Crippen LogP contribution in [0.15, 0.2) is 53.6 Å². The first-order chi connectivity index (χ1) is 19.9. The van der Waals surface area contributed by atoms with Crippen LogP contribution in [-0.4, -0.2) is 57.3 Å². The lowest BCUT2D eigenvalue weighted by Gasteiger charge is -2.37. The Kier molecular flexibility index (Phi) is 7.99. The molecule has 1 saturated heterocycles. The molecule has 0 unspecified atom stereocenters. The number of benzene rings is 2. The van der Waals surface area contributed by atoms with E-state index in [0.717, 1.165) is 16.9 Å². The second-order valence-corrected chi connectivity index (χ2v) is 11.8. The number of carbonyl (C=O) groups is 1. The van der Waals surface area contributed by atoms with E-state index in [1.165, 1.54) is 17.0 Å². The van der Waals surface area contributed by atoms with E-state index in [9.17, 15) is 14.9 Å². The van der Waals surface area contributed by atoms with Crippen molar-refractivity contribution < 1.29 is 9.53 Å². The number of piperazine rings is 1. The Hall–Kier alpha value is -4.33. The van der Waals surface area contributed by atoms with Gasteiger partial charge in [-0.2, -0.15) is 5.26 Å². The van der Waals surface area contributed by atoms with Crippen molar-refractivity contribution in [2.75, 3.05) is 36.4 Å². The van der Waals surface area contributed by atoms with Gasteiger partial charge in [0.1, 0.15) is 17.2 Å². The molecule has 1 aliphatic rings. The number of para-hydroxylation sites is 1. The van der Waals surface area contributed by atoms with Crippen LogP contribution in [0.1, 0.15) is 31.9 Å². The Labute approximate surface area is 253 Å². The molecule has 12 heteroatoms. The summed E-state index contributed by atoms with van der Waals surface area (Å²) in [5, 5.41) is 13.7. The Morgan fingerprint density at radius 2 is 1.79 bits per heavy atom. The molecule has 1 aliphatic heterocycles. The van der Waals surface area contributed by atoms with Gasteiger partial charge in [-0.1, -0.05) is 29.3 Å². The quantitative estimate of drug-likeness (QED) is 0.298. The number of carbonyl (C=O) groups excluding carboxylic acids is 1. The molecule has 4 aromatic rings. The topological polar surface area (TPSA) is 116 Å². The summed E-state index contributed by atoms with van der Waals surface area (Å²) < 4.78 is 6.75.